The molecular formula is C12H17N3O3S. The molecule has 2 rings (SSSR count). The number of carbonyl (C=O) groups excluding carboxylic acids is 2. The minimum absolute atomic E-state index is 0.229. The third-order valence-electron chi connectivity index (χ3n) is 2.81. The molecule has 1 unspecified atom stereocenters. The molecule has 0 radical (unpaired) electrons. The first-order valence-corrected chi connectivity index (χ1v) is 7.05. The van der Waals surface area contributed by atoms with Crippen LogP contribution in [0.3, 0.4) is 0 Å². The smallest absolute Gasteiger partial charge is 0.321 e. The summed E-state index contributed by atoms with van der Waals surface area (Å²) in [6, 6.07) is -0.201. The Labute approximate surface area is 115 Å². The quantitative estimate of drug-likeness (QED) is 0.823. The van der Waals surface area contributed by atoms with Gasteiger partial charge in [-0.3, -0.25) is 10.1 Å². The molecule has 1 atom stereocenters. The number of nitrogens with zero attached hydrogens (tertiary/aromatic N) is 1. The van der Waals surface area contributed by atoms with Crippen molar-refractivity contribution in [1.29, 1.82) is 0 Å². The van der Waals surface area contributed by atoms with Crippen molar-refractivity contribution < 1.29 is 14.0 Å². The van der Waals surface area contributed by atoms with Crippen LogP contribution in [0.1, 0.15) is 31.2 Å². The SMILES string of the molecule is Cc1nc(SC(C)C(=O)NC(=O)NC2CC2)oc1C. The predicted octanol–water partition coefficient (Wildman–Crippen LogP) is 1.76. The Kier molecular flexibility index (Phi) is 4.14. The van der Waals surface area contributed by atoms with Crippen molar-refractivity contribution in [2.24, 2.45) is 0 Å². The fourth-order valence-electron chi connectivity index (χ4n) is 1.36. The van der Waals surface area contributed by atoms with Crippen molar-refractivity contribution in [2.45, 2.75) is 50.1 Å². The van der Waals surface area contributed by atoms with Crippen LogP contribution in [-0.2, 0) is 4.79 Å². The monoisotopic (exact) mass is 283 g/mol. The van der Waals surface area contributed by atoms with Gasteiger partial charge in [0.05, 0.1) is 10.9 Å². The third-order valence-corrected chi connectivity index (χ3v) is 3.75. The van der Waals surface area contributed by atoms with E-state index in [0.717, 1.165) is 24.3 Å². The van der Waals surface area contributed by atoms with E-state index in [2.05, 4.69) is 15.6 Å². The first kappa shape index (κ1) is 13.9. The molecule has 0 spiro atoms. The van der Waals surface area contributed by atoms with Crippen LogP contribution >= 0.6 is 11.8 Å². The van der Waals surface area contributed by atoms with Gasteiger partial charge >= 0.3 is 6.03 Å². The first-order chi connectivity index (χ1) is 8.95. The van der Waals surface area contributed by atoms with Crippen molar-refractivity contribution >= 4 is 23.7 Å². The third kappa shape index (κ3) is 3.99. The number of oxazole rings is 1. The number of imide groups is 1. The normalized spacial score (nSPS) is 15.9. The zero-order valence-electron chi connectivity index (χ0n) is 11.1. The van der Waals surface area contributed by atoms with Gasteiger partial charge in [0, 0.05) is 6.04 Å². The minimum atomic E-state index is -0.442. The van der Waals surface area contributed by atoms with Crippen LogP contribution in [0.5, 0.6) is 0 Å². The molecule has 0 saturated heterocycles. The number of thioether (sulfide) groups is 1. The highest BCUT2D eigenvalue weighted by Gasteiger charge is 2.25. The molecule has 1 aliphatic rings. The standard InChI is InChI=1S/C12H17N3O3S/c1-6-7(2)18-12(13-6)19-8(3)10(16)15-11(17)14-9-4-5-9/h8-9H,4-5H2,1-3H3,(H2,14,15,16,17). The maximum absolute atomic E-state index is 11.8. The first-order valence-electron chi connectivity index (χ1n) is 6.17. The van der Waals surface area contributed by atoms with E-state index in [4.69, 9.17) is 4.42 Å². The number of amides is 3. The van der Waals surface area contributed by atoms with Gasteiger partial charge in [0.1, 0.15) is 5.76 Å². The van der Waals surface area contributed by atoms with Gasteiger partial charge in [0.2, 0.25) is 5.91 Å². The van der Waals surface area contributed by atoms with Crippen LogP contribution < -0.4 is 10.6 Å². The molecule has 2 N–H and O–H groups in total. The molecule has 6 nitrogen and oxygen atoms in total. The highest BCUT2D eigenvalue weighted by atomic mass is 32.2. The highest BCUT2D eigenvalue weighted by Crippen LogP contribution is 2.24. The number of rotatable bonds is 4. The molecule has 0 aromatic carbocycles. The van der Waals surface area contributed by atoms with Gasteiger partial charge in [-0.1, -0.05) is 11.8 Å². The second-order valence-corrected chi connectivity index (χ2v) is 5.91. The average molecular weight is 283 g/mol. The maximum atomic E-state index is 11.8. The lowest BCUT2D eigenvalue weighted by Gasteiger charge is -2.09. The van der Waals surface area contributed by atoms with Gasteiger partial charge in [-0.15, -0.1) is 0 Å². The van der Waals surface area contributed by atoms with E-state index in [0.29, 0.717) is 5.22 Å². The van der Waals surface area contributed by atoms with Crippen molar-refractivity contribution in [2.75, 3.05) is 0 Å². The molecular weight excluding hydrogens is 266 g/mol. The number of urea groups is 1. The molecule has 1 aromatic heterocycles. The highest BCUT2D eigenvalue weighted by molar-refractivity contribution is 8.00. The molecule has 1 saturated carbocycles. The molecule has 104 valence electrons. The predicted molar refractivity (Wildman–Crippen MR) is 71.0 cm³/mol. The van der Waals surface area contributed by atoms with Gasteiger partial charge in [0.15, 0.2) is 0 Å². The summed E-state index contributed by atoms with van der Waals surface area (Å²) in [6.07, 6.45) is 1.97. The second-order valence-electron chi connectivity index (χ2n) is 4.62. The van der Waals surface area contributed by atoms with E-state index in [1.54, 1.807) is 6.92 Å². The van der Waals surface area contributed by atoms with E-state index in [1.807, 2.05) is 13.8 Å². The summed E-state index contributed by atoms with van der Waals surface area (Å²) in [5, 5.41) is 5.01. The molecule has 1 aromatic rings. The van der Waals surface area contributed by atoms with Crippen LogP contribution in [0, 0.1) is 13.8 Å². The van der Waals surface area contributed by atoms with E-state index < -0.39 is 11.3 Å². The van der Waals surface area contributed by atoms with Crippen LogP contribution in [0.2, 0.25) is 0 Å². The minimum Gasteiger partial charge on any atom is -0.437 e. The number of nitrogens with one attached hydrogen (secondary N) is 2. The topological polar surface area (TPSA) is 84.2 Å². The van der Waals surface area contributed by atoms with E-state index in [9.17, 15) is 9.59 Å². The zero-order chi connectivity index (χ0) is 14.0. The summed E-state index contributed by atoms with van der Waals surface area (Å²) in [6.45, 7) is 5.37. The molecule has 1 aliphatic carbocycles. The number of aromatic nitrogens is 1. The van der Waals surface area contributed by atoms with E-state index in [-0.39, 0.29) is 11.9 Å². The summed E-state index contributed by atoms with van der Waals surface area (Å²) in [5.74, 6) is 0.387. The van der Waals surface area contributed by atoms with E-state index in [1.165, 1.54) is 11.8 Å². The molecule has 7 heteroatoms. The molecule has 1 heterocycles. The summed E-state index contributed by atoms with van der Waals surface area (Å²) < 4.78 is 5.39. The molecule has 3 amide bonds. The summed E-state index contributed by atoms with van der Waals surface area (Å²) in [7, 11) is 0. The number of aryl methyl sites for hydroxylation is 2. The van der Waals surface area contributed by atoms with Gasteiger partial charge < -0.3 is 9.73 Å². The van der Waals surface area contributed by atoms with Crippen molar-refractivity contribution in [3.05, 3.63) is 11.5 Å². The number of hydrogen-bond acceptors (Lipinski definition) is 5. The Morgan fingerprint density at radius 3 is 2.63 bits per heavy atom. The van der Waals surface area contributed by atoms with Crippen molar-refractivity contribution in [1.82, 2.24) is 15.6 Å². The lowest BCUT2D eigenvalue weighted by atomic mass is 10.4. The van der Waals surface area contributed by atoms with Crippen molar-refractivity contribution in [3.63, 3.8) is 0 Å². The van der Waals surface area contributed by atoms with Crippen LogP contribution in [0.15, 0.2) is 9.64 Å². The Morgan fingerprint density at radius 1 is 1.42 bits per heavy atom. The summed E-state index contributed by atoms with van der Waals surface area (Å²) in [4.78, 5) is 27.4. The molecule has 0 bridgehead atoms. The fraction of sp³-hybridized carbons (Fsp3) is 0.583. The molecule has 0 aliphatic heterocycles. The Hall–Kier alpha value is -1.50. The summed E-state index contributed by atoms with van der Waals surface area (Å²) in [5.41, 5.74) is 0.807. The van der Waals surface area contributed by atoms with Gasteiger partial charge in [-0.05, 0) is 33.6 Å². The van der Waals surface area contributed by atoms with Crippen LogP contribution in [0.25, 0.3) is 0 Å². The van der Waals surface area contributed by atoms with Gasteiger partial charge in [-0.25, -0.2) is 9.78 Å². The lowest BCUT2D eigenvalue weighted by Crippen LogP contribution is -2.43. The van der Waals surface area contributed by atoms with Crippen LogP contribution in [-0.4, -0.2) is 28.2 Å². The average Bonchev–Trinajstić information content (AvgIpc) is 3.06. The van der Waals surface area contributed by atoms with Gasteiger partial charge in [-0.2, -0.15) is 0 Å². The number of hydrogen-bond donors (Lipinski definition) is 2. The van der Waals surface area contributed by atoms with E-state index >= 15 is 0 Å². The molecule has 19 heavy (non-hydrogen) atoms. The zero-order valence-corrected chi connectivity index (χ0v) is 12.0. The largest absolute Gasteiger partial charge is 0.437 e. The number of carbonyl (C=O) groups is 2. The maximum Gasteiger partial charge on any atom is 0.321 e. The van der Waals surface area contributed by atoms with Crippen molar-refractivity contribution in [3.8, 4) is 0 Å². The summed E-state index contributed by atoms with van der Waals surface area (Å²) >= 11 is 1.19. The second kappa shape index (κ2) is 5.64. The van der Waals surface area contributed by atoms with Crippen LogP contribution in [0.4, 0.5) is 4.79 Å². The lowest BCUT2D eigenvalue weighted by molar-refractivity contribution is -0.119. The molecule has 1 fully saturated rings. The Morgan fingerprint density at radius 2 is 2.11 bits per heavy atom. The Balaban J connectivity index is 1.82. The Bertz CT molecular complexity index is 477. The van der Waals surface area contributed by atoms with Gasteiger partial charge in [0.25, 0.3) is 5.22 Å². The fourth-order valence-corrected chi connectivity index (χ4v) is 2.19.